The van der Waals surface area contributed by atoms with Gasteiger partial charge in [0.05, 0.1) is 5.69 Å². The molecule has 0 aliphatic carbocycles. The fourth-order valence-electron chi connectivity index (χ4n) is 2.99. The number of hydrogen-bond donors (Lipinski definition) is 0. The average Bonchev–Trinajstić information content (AvgIpc) is 2.76. The standard InChI is InChI=1S/C13H16BrFN2/c14-11-4-1-5-12(15)13(11)17-8-7-16-6-2-3-10(16)9-17/h1,4-5,10H,2-3,6-9H2. The third-order valence-corrected chi connectivity index (χ3v) is 4.48. The lowest BCUT2D eigenvalue weighted by Gasteiger charge is -2.39. The van der Waals surface area contributed by atoms with E-state index in [1.54, 1.807) is 12.1 Å². The number of anilines is 1. The first-order valence-electron chi connectivity index (χ1n) is 6.19. The molecule has 2 heterocycles. The van der Waals surface area contributed by atoms with Gasteiger partial charge in [0.1, 0.15) is 5.82 Å². The molecule has 2 aliphatic rings. The number of nitrogens with zero attached hydrogens (tertiary/aromatic N) is 2. The maximum atomic E-state index is 13.9. The second kappa shape index (κ2) is 4.58. The molecule has 1 aromatic rings. The minimum absolute atomic E-state index is 0.120. The maximum absolute atomic E-state index is 13.9. The Morgan fingerprint density at radius 3 is 2.94 bits per heavy atom. The Morgan fingerprint density at radius 2 is 2.12 bits per heavy atom. The van der Waals surface area contributed by atoms with Crippen molar-refractivity contribution in [3.05, 3.63) is 28.5 Å². The van der Waals surface area contributed by atoms with E-state index >= 15 is 0 Å². The predicted octanol–water partition coefficient (Wildman–Crippen LogP) is 2.87. The number of rotatable bonds is 1. The normalized spacial score (nSPS) is 25.1. The van der Waals surface area contributed by atoms with E-state index in [2.05, 4.69) is 25.7 Å². The Kier molecular flexibility index (Phi) is 3.09. The Morgan fingerprint density at radius 1 is 1.24 bits per heavy atom. The molecule has 2 saturated heterocycles. The molecule has 0 bridgehead atoms. The molecule has 2 aliphatic heterocycles. The summed E-state index contributed by atoms with van der Waals surface area (Å²) >= 11 is 3.46. The van der Waals surface area contributed by atoms with Gasteiger partial charge in [-0.25, -0.2) is 4.39 Å². The largest absolute Gasteiger partial charge is 0.365 e. The summed E-state index contributed by atoms with van der Waals surface area (Å²) in [6, 6.07) is 5.82. The zero-order valence-electron chi connectivity index (χ0n) is 9.70. The first-order chi connectivity index (χ1) is 8.25. The number of para-hydroxylation sites is 1. The lowest BCUT2D eigenvalue weighted by atomic mass is 10.1. The summed E-state index contributed by atoms with van der Waals surface area (Å²) in [5.74, 6) is -0.120. The lowest BCUT2D eigenvalue weighted by molar-refractivity contribution is 0.230. The lowest BCUT2D eigenvalue weighted by Crippen LogP contribution is -2.50. The number of fused-ring (bicyclic) bond motifs is 1. The van der Waals surface area contributed by atoms with Gasteiger partial charge in [0.25, 0.3) is 0 Å². The molecule has 1 aromatic carbocycles. The molecule has 2 nitrogen and oxygen atoms in total. The van der Waals surface area contributed by atoms with Crippen LogP contribution in [0.5, 0.6) is 0 Å². The van der Waals surface area contributed by atoms with Crippen LogP contribution in [-0.2, 0) is 0 Å². The molecule has 0 saturated carbocycles. The van der Waals surface area contributed by atoms with Crippen LogP contribution in [0.25, 0.3) is 0 Å². The van der Waals surface area contributed by atoms with Crippen LogP contribution in [0.2, 0.25) is 0 Å². The predicted molar refractivity (Wildman–Crippen MR) is 70.9 cm³/mol. The van der Waals surface area contributed by atoms with E-state index in [-0.39, 0.29) is 5.82 Å². The van der Waals surface area contributed by atoms with E-state index < -0.39 is 0 Å². The maximum Gasteiger partial charge on any atom is 0.147 e. The number of piperazine rings is 1. The highest BCUT2D eigenvalue weighted by Crippen LogP contribution is 2.32. The van der Waals surface area contributed by atoms with Crippen LogP contribution in [-0.4, -0.2) is 37.1 Å². The van der Waals surface area contributed by atoms with Crippen LogP contribution in [0.1, 0.15) is 12.8 Å². The summed E-state index contributed by atoms with van der Waals surface area (Å²) < 4.78 is 14.8. The van der Waals surface area contributed by atoms with Gasteiger partial charge in [0.2, 0.25) is 0 Å². The van der Waals surface area contributed by atoms with Crippen LogP contribution in [0.15, 0.2) is 22.7 Å². The highest BCUT2D eigenvalue weighted by Gasteiger charge is 2.31. The SMILES string of the molecule is Fc1cccc(Br)c1N1CCN2CCCC2C1. The van der Waals surface area contributed by atoms with Crippen molar-refractivity contribution >= 4 is 21.6 Å². The summed E-state index contributed by atoms with van der Waals surface area (Å²) in [5.41, 5.74) is 0.735. The highest BCUT2D eigenvalue weighted by molar-refractivity contribution is 9.10. The van der Waals surface area contributed by atoms with Crippen LogP contribution < -0.4 is 4.90 Å². The smallest absolute Gasteiger partial charge is 0.147 e. The summed E-state index contributed by atoms with van der Waals surface area (Å²) in [7, 11) is 0. The molecule has 0 amide bonds. The molecule has 0 spiro atoms. The van der Waals surface area contributed by atoms with Crippen molar-refractivity contribution in [1.82, 2.24) is 4.90 Å². The summed E-state index contributed by atoms with van der Waals surface area (Å²) in [6.45, 7) is 4.16. The van der Waals surface area contributed by atoms with Crippen molar-refractivity contribution in [1.29, 1.82) is 0 Å². The van der Waals surface area contributed by atoms with Gasteiger partial charge in [0.15, 0.2) is 0 Å². The van der Waals surface area contributed by atoms with Crippen molar-refractivity contribution < 1.29 is 4.39 Å². The van der Waals surface area contributed by atoms with Crippen molar-refractivity contribution in [2.45, 2.75) is 18.9 Å². The summed E-state index contributed by atoms with van der Waals surface area (Å²) in [6.07, 6.45) is 2.54. The quantitative estimate of drug-likeness (QED) is 0.787. The first kappa shape index (κ1) is 11.5. The van der Waals surface area contributed by atoms with Gasteiger partial charge < -0.3 is 4.90 Å². The van der Waals surface area contributed by atoms with Crippen molar-refractivity contribution in [2.75, 3.05) is 31.1 Å². The first-order valence-corrected chi connectivity index (χ1v) is 6.98. The van der Waals surface area contributed by atoms with Gasteiger partial charge in [-0.3, -0.25) is 4.90 Å². The van der Waals surface area contributed by atoms with Gasteiger partial charge in [-0.1, -0.05) is 6.07 Å². The zero-order chi connectivity index (χ0) is 11.8. The Labute approximate surface area is 110 Å². The van der Waals surface area contributed by atoms with E-state index in [9.17, 15) is 4.39 Å². The van der Waals surface area contributed by atoms with Crippen LogP contribution in [0, 0.1) is 5.82 Å². The second-order valence-electron chi connectivity index (χ2n) is 4.85. The number of hydrogen-bond acceptors (Lipinski definition) is 2. The molecule has 3 rings (SSSR count). The Hall–Kier alpha value is -0.610. The Balaban J connectivity index is 1.85. The summed E-state index contributed by atoms with van der Waals surface area (Å²) in [5, 5.41) is 0. The molecule has 17 heavy (non-hydrogen) atoms. The van der Waals surface area contributed by atoms with E-state index in [4.69, 9.17) is 0 Å². The second-order valence-corrected chi connectivity index (χ2v) is 5.70. The van der Waals surface area contributed by atoms with Crippen molar-refractivity contribution in [2.24, 2.45) is 0 Å². The minimum Gasteiger partial charge on any atom is -0.365 e. The van der Waals surface area contributed by atoms with Gasteiger partial charge in [-0.2, -0.15) is 0 Å². The van der Waals surface area contributed by atoms with Gasteiger partial charge >= 0.3 is 0 Å². The summed E-state index contributed by atoms with van der Waals surface area (Å²) in [4.78, 5) is 4.72. The molecule has 2 fully saturated rings. The van der Waals surface area contributed by atoms with E-state index in [1.165, 1.54) is 19.4 Å². The molecular weight excluding hydrogens is 283 g/mol. The van der Waals surface area contributed by atoms with Crippen molar-refractivity contribution in [3.63, 3.8) is 0 Å². The molecule has 0 aromatic heterocycles. The molecule has 1 atom stereocenters. The molecule has 0 radical (unpaired) electrons. The van der Waals surface area contributed by atoms with Gasteiger partial charge in [-0.15, -0.1) is 0 Å². The van der Waals surface area contributed by atoms with E-state index in [0.29, 0.717) is 6.04 Å². The third-order valence-electron chi connectivity index (χ3n) is 3.84. The zero-order valence-corrected chi connectivity index (χ0v) is 11.3. The van der Waals surface area contributed by atoms with Crippen LogP contribution >= 0.6 is 15.9 Å². The molecular formula is C13H16BrFN2. The minimum atomic E-state index is -0.120. The average molecular weight is 299 g/mol. The molecule has 1 unspecified atom stereocenters. The van der Waals surface area contributed by atoms with Gasteiger partial charge in [-0.05, 0) is 47.4 Å². The van der Waals surface area contributed by atoms with E-state index in [1.807, 2.05) is 6.07 Å². The molecule has 92 valence electrons. The number of benzene rings is 1. The van der Waals surface area contributed by atoms with Crippen LogP contribution in [0.4, 0.5) is 10.1 Å². The fraction of sp³-hybridized carbons (Fsp3) is 0.538. The third kappa shape index (κ3) is 2.08. The topological polar surface area (TPSA) is 6.48 Å². The molecule has 0 N–H and O–H groups in total. The van der Waals surface area contributed by atoms with Crippen molar-refractivity contribution in [3.8, 4) is 0 Å². The Bertz CT molecular complexity index is 404. The number of halogens is 2. The monoisotopic (exact) mass is 298 g/mol. The van der Waals surface area contributed by atoms with Crippen LogP contribution in [0.3, 0.4) is 0 Å². The fourth-order valence-corrected chi connectivity index (χ4v) is 3.58. The molecule has 4 heteroatoms. The van der Waals surface area contributed by atoms with Gasteiger partial charge in [0, 0.05) is 30.1 Å². The highest BCUT2D eigenvalue weighted by atomic mass is 79.9. The van der Waals surface area contributed by atoms with E-state index in [0.717, 1.165) is 29.8 Å².